The van der Waals surface area contributed by atoms with Gasteiger partial charge in [0, 0.05) is 21.7 Å². The van der Waals surface area contributed by atoms with Crippen molar-refractivity contribution in [3.63, 3.8) is 0 Å². The van der Waals surface area contributed by atoms with Crippen LogP contribution in [0.5, 0.6) is 0 Å². The van der Waals surface area contributed by atoms with Crippen molar-refractivity contribution >= 4 is 40.4 Å². The van der Waals surface area contributed by atoms with Crippen LogP contribution in [0.25, 0.3) is 11.3 Å². The highest BCUT2D eigenvalue weighted by molar-refractivity contribution is 7.08. The molecule has 0 bridgehead atoms. The average molecular weight is 405 g/mol. The van der Waals surface area contributed by atoms with E-state index in [-0.39, 0.29) is 6.54 Å². The fraction of sp³-hybridized carbons (Fsp3) is 0.158. The summed E-state index contributed by atoms with van der Waals surface area (Å²) in [7, 11) is 0. The Morgan fingerprint density at radius 1 is 1.22 bits per heavy atom. The molecule has 0 radical (unpaired) electrons. The lowest BCUT2D eigenvalue weighted by Gasteiger charge is -2.11. The number of carbonyl (C=O) groups excluding carboxylic acids is 2. The Balaban J connectivity index is 1.55. The Labute approximate surface area is 164 Å². The van der Waals surface area contributed by atoms with Gasteiger partial charge >= 0.3 is 11.8 Å². The molecule has 0 aliphatic heterocycles. The van der Waals surface area contributed by atoms with Crippen molar-refractivity contribution in [2.75, 3.05) is 11.9 Å². The summed E-state index contributed by atoms with van der Waals surface area (Å²) in [6.45, 7) is 1.58. The summed E-state index contributed by atoms with van der Waals surface area (Å²) < 4.78 is 5.60. The van der Waals surface area contributed by atoms with Gasteiger partial charge in [-0.3, -0.25) is 9.59 Å². The van der Waals surface area contributed by atoms with E-state index in [1.54, 1.807) is 37.3 Å². The smallest absolute Gasteiger partial charge is 0.313 e. The minimum Gasteiger partial charge on any atom is -0.458 e. The van der Waals surface area contributed by atoms with E-state index in [4.69, 9.17) is 16.0 Å². The first-order valence-corrected chi connectivity index (χ1v) is 9.42. The number of hydrogen-bond acceptors (Lipinski definition) is 5. The Hall–Kier alpha value is -2.61. The van der Waals surface area contributed by atoms with E-state index in [1.807, 2.05) is 16.8 Å². The Morgan fingerprint density at radius 2 is 2.04 bits per heavy atom. The molecule has 27 heavy (non-hydrogen) atoms. The highest BCUT2D eigenvalue weighted by Crippen LogP contribution is 2.27. The first kappa shape index (κ1) is 19.2. The maximum absolute atomic E-state index is 12.0. The quantitative estimate of drug-likeness (QED) is 0.564. The molecule has 3 rings (SSSR count). The molecule has 2 heterocycles. The van der Waals surface area contributed by atoms with E-state index in [1.165, 1.54) is 11.3 Å². The van der Waals surface area contributed by atoms with Crippen molar-refractivity contribution in [1.29, 1.82) is 0 Å². The highest BCUT2D eigenvalue weighted by Gasteiger charge is 2.19. The van der Waals surface area contributed by atoms with Gasteiger partial charge in [-0.15, -0.1) is 0 Å². The van der Waals surface area contributed by atoms with Crippen LogP contribution in [-0.4, -0.2) is 23.5 Å². The Bertz CT molecular complexity index is 953. The van der Waals surface area contributed by atoms with E-state index >= 15 is 0 Å². The molecule has 0 fully saturated rings. The molecule has 0 spiro atoms. The molecular weight excluding hydrogens is 388 g/mol. The third kappa shape index (κ3) is 4.57. The topological polar surface area (TPSA) is 91.6 Å². The summed E-state index contributed by atoms with van der Waals surface area (Å²) in [6.07, 6.45) is -1.07. The molecule has 6 nitrogen and oxygen atoms in total. The largest absolute Gasteiger partial charge is 0.458 e. The number of aliphatic hydroxyl groups excluding tert-OH is 1. The van der Waals surface area contributed by atoms with Crippen molar-refractivity contribution in [2.45, 2.75) is 13.0 Å². The molecule has 8 heteroatoms. The predicted molar refractivity (Wildman–Crippen MR) is 105 cm³/mol. The van der Waals surface area contributed by atoms with E-state index in [9.17, 15) is 14.7 Å². The number of furan rings is 1. The SMILES string of the molecule is Cc1c(Cl)cccc1NC(=O)C(=O)NC[C@@H](O)c1ccc(-c2ccsc2)o1. The van der Waals surface area contributed by atoms with Crippen molar-refractivity contribution < 1.29 is 19.1 Å². The number of hydrogen-bond donors (Lipinski definition) is 3. The molecule has 0 aliphatic carbocycles. The number of nitrogens with one attached hydrogen (secondary N) is 2. The van der Waals surface area contributed by atoms with Crippen molar-refractivity contribution in [3.8, 4) is 11.3 Å². The molecule has 0 saturated carbocycles. The zero-order valence-electron chi connectivity index (χ0n) is 14.4. The van der Waals surface area contributed by atoms with Crippen molar-refractivity contribution in [1.82, 2.24) is 5.32 Å². The minimum atomic E-state index is -1.07. The van der Waals surface area contributed by atoms with Gasteiger partial charge in [-0.1, -0.05) is 17.7 Å². The normalized spacial score (nSPS) is 11.8. The molecule has 1 atom stereocenters. The van der Waals surface area contributed by atoms with Crippen molar-refractivity contribution in [2.24, 2.45) is 0 Å². The van der Waals surface area contributed by atoms with Gasteiger partial charge in [-0.2, -0.15) is 11.3 Å². The second-order valence-electron chi connectivity index (χ2n) is 5.81. The van der Waals surface area contributed by atoms with Crippen LogP contribution in [0.15, 0.2) is 51.6 Å². The van der Waals surface area contributed by atoms with E-state index in [2.05, 4.69) is 10.6 Å². The van der Waals surface area contributed by atoms with Gasteiger partial charge in [0.05, 0.1) is 6.54 Å². The van der Waals surface area contributed by atoms with Crippen LogP contribution in [0.4, 0.5) is 5.69 Å². The van der Waals surface area contributed by atoms with Gasteiger partial charge in [0.1, 0.15) is 17.6 Å². The number of thiophene rings is 1. The Morgan fingerprint density at radius 3 is 2.78 bits per heavy atom. The standard InChI is InChI=1S/C19H17ClN2O4S/c1-11-13(20)3-2-4-14(11)22-19(25)18(24)21-9-15(23)17-6-5-16(26-17)12-7-8-27-10-12/h2-8,10,15,23H,9H2,1H3,(H,21,24)(H,22,25)/t15-/m1/s1. The van der Waals surface area contributed by atoms with E-state index in [0.717, 1.165) is 5.56 Å². The molecule has 0 unspecified atom stereocenters. The number of rotatable bonds is 5. The maximum Gasteiger partial charge on any atom is 0.313 e. The van der Waals surface area contributed by atoms with Gasteiger partial charge in [0.2, 0.25) is 0 Å². The summed E-state index contributed by atoms with van der Waals surface area (Å²) in [6, 6.07) is 10.3. The van der Waals surface area contributed by atoms with E-state index < -0.39 is 17.9 Å². The molecule has 0 saturated heterocycles. The molecule has 140 valence electrons. The van der Waals surface area contributed by atoms with Gasteiger partial charge in [-0.05, 0) is 48.2 Å². The van der Waals surface area contributed by atoms with Crippen LogP contribution >= 0.6 is 22.9 Å². The average Bonchev–Trinajstić information content (AvgIpc) is 3.34. The van der Waals surface area contributed by atoms with Crippen LogP contribution in [-0.2, 0) is 9.59 Å². The van der Waals surface area contributed by atoms with Crippen LogP contribution in [0, 0.1) is 6.92 Å². The van der Waals surface area contributed by atoms with Gasteiger partial charge in [0.25, 0.3) is 0 Å². The third-order valence-electron chi connectivity index (χ3n) is 3.94. The van der Waals surface area contributed by atoms with Crippen LogP contribution in [0.1, 0.15) is 17.4 Å². The molecule has 3 N–H and O–H groups in total. The van der Waals surface area contributed by atoms with Gasteiger partial charge in [0.15, 0.2) is 0 Å². The highest BCUT2D eigenvalue weighted by atomic mass is 35.5. The van der Waals surface area contributed by atoms with Gasteiger partial charge in [-0.25, -0.2) is 0 Å². The third-order valence-corrected chi connectivity index (χ3v) is 5.03. The van der Waals surface area contributed by atoms with E-state index in [0.29, 0.717) is 27.8 Å². The molecule has 0 aliphatic rings. The van der Waals surface area contributed by atoms with Crippen LogP contribution < -0.4 is 10.6 Å². The summed E-state index contributed by atoms with van der Waals surface area (Å²) >= 11 is 7.53. The lowest BCUT2D eigenvalue weighted by molar-refractivity contribution is -0.136. The first-order valence-electron chi connectivity index (χ1n) is 8.10. The summed E-state index contributed by atoms with van der Waals surface area (Å²) in [4.78, 5) is 24.0. The number of aliphatic hydroxyl groups is 1. The second kappa shape index (κ2) is 8.39. The number of anilines is 1. The molecule has 2 aromatic heterocycles. The van der Waals surface area contributed by atoms with Gasteiger partial charge < -0.3 is 20.2 Å². The zero-order chi connectivity index (χ0) is 19.4. The second-order valence-corrected chi connectivity index (χ2v) is 6.99. The number of halogens is 1. The number of amides is 2. The first-order chi connectivity index (χ1) is 13.0. The summed E-state index contributed by atoms with van der Waals surface area (Å²) in [5.74, 6) is -0.766. The van der Waals surface area contributed by atoms with Crippen LogP contribution in [0.2, 0.25) is 5.02 Å². The lowest BCUT2D eigenvalue weighted by Crippen LogP contribution is -2.37. The minimum absolute atomic E-state index is 0.155. The molecule has 1 aromatic carbocycles. The fourth-order valence-corrected chi connectivity index (χ4v) is 3.20. The molecule has 3 aromatic rings. The predicted octanol–water partition coefficient (Wildman–Crippen LogP) is 3.76. The Kier molecular flexibility index (Phi) is 5.95. The fourth-order valence-electron chi connectivity index (χ4n) is 2.38. The lowest BCUT2D eigenvalue weighted by atomic mass is 10.2. The number of carbonyl (C=O) groups is 2. The van der Waals surface area contributed by atoms with Crippen molar-refractivity contribution in [3.05, 3.63) is 63.5 Å². The summed E-state index contributed by atoms with van der Waals surface area (Å²) in [5, 5.41) is 19.4. The zero-order valence-corrected chi connectivity index (χ0v) is 15.9. The number of benzene rings is 1. The molecule has 2 amide bonds. The summed E-state index contributed by atoms with van der Waals surface area (Å²) in [5.41, 5.74) is 2.03. The monoisotopic (exact) mass is 404 g/mol. The van der Waals surface area contributed by atoms with Crippen LogP contribution in [0.3, 0.4) is 0 Å². The maximum atomic E-state index is 12.0. The molecular formula is C19H17ClN2O4S.